The normalized spacial score (nSPS) is 12.1. The van der Waals surface area contributed by atoms with Gasteiger partial charge in [-0.05, 0) is 95.8 Å². The molecule has 0 unspecified atom stereocenters. The van der Waals surface area contributed by atoms with Crippen LogP contribution in [-0.2, 0) is 39.1 Å². The number of fused-ring (bicyclic) bond motifs is 7. The van der Waals surface area contributed by atoms with Gasteiger partial charge < -0.3 is 27.8 Å². The maximum absolute atomic E-state index is 13.2. The summed E-state index contributed by atoms with van der Waals surface area (Å²) >= 11 is 0. The Hall–Kier alpha value is -7.81. The Bertz CT molecular complexity index is 3000. The third-order valence-corrected chi connectivity index (χ3v) is 10.7. The first-order chi connectivity index (χ1) is 30.4. The van der Waals surface area contributed by atoms with E-state index in [1.165, 1.54) is 12.1 Å². The van der Waals surface area contributed by atoms with Gasteiger partial charge in [0.2, 0.25) is 0 Å². The van der Waals surface area contributed by atoms with E-state index in [0.717, 1.165) is 68.5 Å². The monoisotopic (exact) mass is 830 g/mol. The van der Waals surface area contributed by atoms with Crippen LogP contribution in [0.5, 0.6) is 23.0 Å². The zero-order chi connectivity index (χ0) is 42.0. The first-order valence-electron chi connectivity index (χ1n) is 20.3. The van der Waals surface area contributed by atoms with E-state index < -0.39 is 11.3 Å². The average molecular weight is 831 g/mol. The van der Waals surface area contributed by atoms with E-state index in [9.17, 15) is 14.4 Å². The van der Waals surface area contributed by atoms with Gasteiger partial charge in [-0.1, -0.05) is 22.6 Å². The molecule has 4 aromatic heterocycles. The van der Waals surface area contributed by atoms with E-state index in [0.29, 0.717) is 73.2 Å². The van der Waals surface area contributed by atoms with E-state index >= 15 is 0 Å². The van der Waals surface area contributed by atoms with Gasteiger partial charge >= 0.3 is 11.3 Å². The summed E-state index contributed by atoms with van der Waals surface area (Å²) in [5.41, 5.74) is 7.19. The van der Waals surface area contributed by atoms with Crippen LogP contribution in [0.2, 0.25) is 0 Å². The smallest absolute Gasteiger partial charge is 0.336 e. The molecule has 0 radical (unpaired) electrons. The first-order valence-corrected chi connectivity index (χ1v) is 20.3. The number of hydrogen-bond acceptors (Lipinski definition) is 13. The van der Waals surface area contributed by atoms with Crippen molar-refractivity contribution < 1.29 is 27.8 Å². The third-order valence-electron chi connectivity index (χ3n) is 10.7. The van der Waals surface area contributed by atoms with Gasteiger partial charge in [0.25, 0.3) is 0 Å². The van der Waals surface area contributed by atoms with Gasteiger partial charge in [0.1, 0.15) is 58.8 Å². The maximum atomic E-state index is 13.2. The van der Waals surface area contributed by atoms with Crippen LogP contribution in [0.1, 0.15) is 35.4 Å². The van der Waals surface area contributed by atoms with E-state index in [2.05, 4.69) is 20.6 Å². The van der Waals surface area contributed by atoms with Crippen molar-refractivity contribution in [3.63, 3.8) is 0 Å². The lowest BCUT2D eigenvalue weighted by Crippen LogP contribution is -2.06. The van der Waals surface area contributed by atoms with E-state index in [-0.39, 0.29) is 18.6 Å². The van der Waals surface area contributed by atoms with Gasteiger partial charge in [-0.15, -0.1) is 10.2 Å². The van der Waals surface area contributed by atoms with Crippen LogP contribution in [0.25, 0.3) is 44.2 Å². The molecule has 0 fully saturated rings. The summed E-state index contributed by atoms with van der Waals surface area (Å²) in [7, 11) is 0. The van der Waals surface area contributed by atoms with Gasteiger partial charge in [0.15, 0.2) is 5.43 Å². The Balaban J connectivity index is 0.685. The second-order valence-electron chi connectivity index (χ2n) is 15.1. The highest BCUT2D eigenvalue weighted by Gasteiger charge is 2.30. The zero-order valence-corrected chi connectivity index (χ0v) is 33.3. The largest absolute Gasteiger partial charge is 0.494 e. The van der Waals surface area contributed by atoms with Crippen molar-refractivity contribution >= 4 is 21.9 Å². The summed E-state index contributed by atoms with van der Waals surface area (Å²) in [6, 6.07) is 28.8. The second kappa shape index (κ2) is 16.7. The molecule has 0 spiro atoms. The molecule has 1 aliphatic carbocycles. The summed E-state index contributed by atoms with van der Waals surface area (Å²) in [5, 5.41) is 18.5. The minimum absolute atomic E-state index is 0.0863. The Morgan fingerprint density at radius 3 is 1.44 bits per heavy atom. The molecule has 10 rings (SSSR count). The highest BCUT2D eigenvalue weighted by Crippen LogP contribution is 2.42. The van der Waals surface area contributed by atoms with Crippen molar-refractivity contribution in [2.24, 2.45) is 0 Å². The van der Waals surface area contributed by atoms with E-state index in [4.69, 9.17) is 27.8 Å². The Kier molecular flexibility index (Phi) is 10.3. The Morgan fingerprint density at radius 1 is 0.516 bits per heavy atom. The fraction of sp³-hybridized carbons (Fsp3) is 0.213. The minimum atomic E-state index is -0.412. The summed E-state index contributed by atoms with van der Waals surface area (Å²) in [6.07, 6.45) is 6.59. The highest BCUT2D eigenvalue weighted by atomic mass is 16.5. The van der Waals surface area contributed by atoms with Gasteiger partial charge in [-0.25, -0.2) is 9.59 Å². The van der Waals surface area contributed by atoms with Gasteiger partial charge in [0, 0.05) is 72.1 Å². The SMILES string of the molecule is O=c1ccc2ccc(OCc3cn(CCCOc4ccc5c(c4)CCc4cc(OCCCn6cc(COc7ccc8ccc(=O)oc8c7)nn6)ccc4-c4c-5c4=O)nn3)cc2o1. The quantitative estimate of drug-likeness (QED) is 0.0731. The van der Waals surface area contributed by atoms with Gasteiger partial charge in [-0.3, -0.25) is 14.2 Å². The number of rotatable bonds is 16. The van der Waals surface area contributed by atoms with Crippen molar-refractivity contribution in [2.45, 2.75) is 52.0 Å². The number of ether oxygens (including phenoxy) is 4. The molecule has 62 heavy (non-hydrogen) atoms. The molecule has 0 bridgehead atoms. The lowest BCUT2D eigenvalue weighted by Gasteiger charge is -2.16. The summed E-state index contributed by atoms with van der Waals surface area (Å²) in [4.78, 5) is 36.3. The van der Waals surface area contributed by atoms with Crippen molar-refractivity contribution in [1.82, 2.24) is 30.0 Å². The molecule has 0 amide bonds. The molecule has 15 heteroatoms. The number of aromatic nitrogens is 6. The molecule has 15 nitrogen and oxygen atoms in total. The molecule has 4 heterocycles. The van der Waals surface area contributed by atoms with Crippen molar-refractivity contribution in [3.05, 3.63) is 163 Å². The van der Waals surface area contributed by atoms with Crippen LogP contribution >= 0.6 is 0 Å². The number of nitrogens with zero attached hydrogens (tertiary/aromatic N) is 6. The average Bonchev–Trinajstić information content (AvgIpc) is 3.55. The molecule has 0 aliphatic heterocycles. The summed E-state index contributed by atoms with van der Waals surface area (Å²) in [6.45, 7) is 2.62. The van der Waals surface area contributed by atoms with Crippen LogP contribution in [-0.4, -0.2) is 43.2 Å². The predicted octanol–water partition coefficient (Wildman–Crippen LogP) is 6.85. The molecule has 5 aromatic carbocycles. The van der Waals surface area contributed by atoms with Crippen LogP contribution in [0.15, 0.2) is 133 Å². The minimum Gasteiger partial charge on any atom is -0.494 e. The molecule has 0 atom stereocenters. The van der Waals surface area contributed by atoms with Gasteiger partial charge in [-0.2, -0.15) is 0 Å². The molecule has 0 N–H and O–H groups in total. The molecule has 0 saturated carbocycles. The van der Waals surface area contributed by atoms with Crippen molar-refractivity contribution in [1.29, 1.82) is 0 Å². The predicted molar refractivity (Wildman–Crippen MR) is 227 cm³/mol. The zero-order valence-electron chi connectivity index (χ0n) is 33.3. The van der Waals surface area contributed by atoms with Crippen LogP contribution in [0.3, 0.4) is 0 Å². The van der Waals surface area contributed by atoms with E-state index in [1.54, 1.807) is 33.6 Å². The molecule has 0 saturated heterocycles. The molecule has 9 aromatic rings. The number of hydrogen-bond donors (Lipinski definition) is 0. The van der Waals surface area contributed by atoms with E-state index in [1.807, 2.05) is 73.1 Å². The highest BCUT2D eigenvalue weighted by molar-refractivity contribution is 5.97. The fourth-order valence-electron chi connectivity index (χ4n) is 7.61. The van der Waals surface area contributed by atoms with Crippen LogP contribution < -0.4 is 35.6 Å². The molecule has 1 aliphatic rings. The standard InChI is InChI=1S/C47H38N6O9/c54-43-15-7-29-5-9-37(23-41(29)61-43)59-27-33-25-52(50-48-33)17-1-19-57-35-11-13-39-31(21-35)3-4-32-22-36(12-14-40(32)46-45(39)47(46)56)58-20-2-18-53-26-34(49-51-53)28-60-38-10-6-30-8-16-44(55)62-42(30)24-38/h5-16,21-26H,1-4,17-20,27-28H2. The third kappa shape index (κ3) is 8.45. The Morgan fingerprint density at radius 2 is 0.952 bits per heavy atom. The topological polar surface area (TPSA) is 176 Å². The van der Waals surface area contributed by atoms with Crippen LogP contribution in [0.4, 0.5) is 0 Å². The molecule has 310 valence electrons. The van der Waals surface area contributed by atoms with Gasteiger partial charge in [0.05, 0.1) is 25.6 Å². The van der Waals surface area contributed by atoms with Crippen molar-refractivity contribution in [2.75, 3.05) is 13.2 Å². The lowest BCUT2D eigenvalue weighted by atomic mass is 9.91. The number of benzene rings is 4. The molecular formula is C47H38N6O9. The fourth-order valence-corrected chi connectivity index (χ4v) is 7.61. The second-order valence-corrected chi connectivity index (χ2v) is 15.1. The van der Waals surface area contributed by atoms with Crippen molar-refractivity contribution in [3.8, 4) is 45.3 Å². The first kappa shape index (κ1) is 38.4. The van der Waals surface area contributed by atoms with Crippen LogP contribution in [0, 0.1) is 0 Å². The number of aryl methyl sites for hydroxylation is 4. The molecular weight excluding hydrogens is 793 g/mol. The summed E-state index contributed by atoms with van der Waals surface area (Å²) in [5.74, 6) is 2.64. The summed E-state index contributed by atoms with van der Waals surface area (Å²) < 4.78 is 38.0. The maximum Gasteiger partial charge on any atom is 0.336 e. The Labute approximate surface area is 352 Å². The lowest BCUT2D eigenvalue weighted by molar-refractivity contribution is 0.297.